The Kier molecular flexibility index (Phi) is 7.10. The van der Waals surface area contributed by atoms with Crippen molar-refractivity contribution in [2.24, 2.45) is 5.10 Å². The van der Waals surface area contributed by atoms with E-state index in [0.29, 0.717) is 22.0 Å². The van der Waals surface area contributed by atoms with Crippen LogP contribution in [0.15, 0.2) is 82.4 Å². The van der Waals surface area contributed by atoms with Crippen molar-refractivity contribution >= 4 is 51.1 Å². The van der Waals surface area contributed by atoms with E-state index >= 15 is 0 Å². The molecule has 0 unspecified atom stereocenters. The fourth-order valence-corrected chi connectivity index (χ4v) is 3.04. The number of hydrazone groups is 1. The number of esters is 1. The van der Waals surface area contributed by atoms with Gasteiger partial charge in [-0.1, -0.05) is 46.3 Å². The molecule has 7 heteroatoms. The summed E-state index contributed by atoms with van der Waals surface area (Å²) in [7, 11) is 0. The third-order valence-electron chi connectivity index (χ3n) is 3.83. The Labute approximate surface area is 182 Å². The van der Waals surface area contributed by atoms with Gasteiger partial charge in [0.25, 0.3) is 0 Å². The number of hydrogen-bond acceptors (Lipinski definition) is 4. The molecule has 0 aliphatic carbocycles. The summed E-state index contributed by atoms with van der Waals surface area (Å²) in [5.74, 6) is -0.0441. The minimum absolute atomic E-state index is 0.352. The van der Waals surface area contributed by atoms with Crippen LogP contribution in [0.2, 0.25) is 0 Å². The summed E-state index contributed by atoms with van der Waals surface area (Å²) in [4.78, 5) is 12.3. The Hall–Kier alpha value is -3.03. The zero-order valence-electron chi connectivity index (χ0n) is 15.6. The number of carbonyl (C=O) groups excluding carboxylic acids is 1. The third-order valence-corrected chi connectivity index (χ3v) is 4.52. The van der Waals surface area contributed by atoms with Gasteiger partial charge in [0.05, 0.1) is 11.8 Å². The summed E-state index contributed by atoms with van der Waals surface area (Å²) in [6.07, 6.45) is 1.54. The maximum Gasteiger partial charge on any atom is 0.343 e. The van der Waals surface area contributed by atoms with Gasteiger partial charge in [-0.05, 0) is 67.2 Å². The molecule has 0 fully saturated rings. The minimum Gasteiger partial charge on any atom is -0.422 e. The van der Waals surface area contributed by atoms with Crippen molar-refractivity contribution in [3.63, 3.8) is 0 Å². The maximum atomic E-state index is 12.3. The predicted octanol–water partition coefficient (Wildman–Crippen LogP) is 5.30. The molecule has 2 N–H and O–H groups in total. The zero-order chi connectivity index (χ0) is 20.6. The lowest BCUT2D eigenvalue weighted by Crippen LogP contribution is -2.23. The lowest BCUT2D eigenvalue weighted by molar-refractivity contribution is 0.0734. The molecule has 146 valence electrons. The van der Waals surface area contributed by atoms with Crippen LogP contribution in [0.25, 0.3) is 0 Å². The fourth-order valence-electron chi connectivity index (χ4n) is 2.49. The largest absolute Gasteiger partial charge is 0.422 e. The number of carbonyl (C=O) groups is 1. The van der Waals surface area contributed by atoms with Crippen LogP contribution in [-0.4, -0.2) is 17.3 Å². The number of anilines is 1. The highest BCUT2D eigenvalue weighted by Crippen LogP contribution is 2.23. The zero-order valence-corrected chi connectivity index (χ0v) is 18.0. The van der Waals surface area contributed by atoms with Crippen LogP contribution in [0.1, 0.15) is 21.5 Å². The summed E-state index contributed by atoms with van der Waals surface area (Å²) in [5, 5.41) is 7.56. The van der Waals surface area contributed by atoms with E-state index in [-0.39, 0.29) is 0 Å². The van der Waals surface area contributed by atoms with Crippen LogP contribution in [0.4, 0.5) is 5.69 Å². The molecule has 3 aromatic carbocycles. The van der Waals surface area contributed by atoms with Crippen LogP contribution >= 0.6 is 28.1 Å². The second-order valence-electron chi connectivity index (χ2n) is 6.13. The highest BCUT2D eigenvalue weighted by molar-refractivity contribution is 9.10. The molecular formula is C22H18BrN3O2S. The van der Waals surface area contributed by atoms with E-state index in [1.165, 1.54) is 0 Å². The number of halogens is 1. The number of ether oxygens (including phenoxy) is 1. The highest BCUT2D eigenvalue weighted by Gasteiger charge is 2.11. The van der Waals surface area contributed by atoms with Gasteiger partial charge < -0.3 is 10.1 Å². The van der Waals surface area contributed by atoms with E-state index in [4.69, 9.17) is 17.0 Å². The van der Waals surface area contributed by atoms with Crippen LogP contribution in [-0.2, 0) is 0 Å². The molecule has 0 heterocycles. The van der Waals surface area contributed by atoms with E-state index in [1.54, 1.807) is 48.7 Å². The average molecular weight is 468 g/mol. The first-order valence-electron chi connectivity index (χ1n) is 8.75. The van der Waals surface area contributed by atoms with Crippen molar-refractivity contribution < 1.29 is 9.53 Å². The number of nitrogens with zero attached hydrogens (tertiary/aromatic N) is 1. The smallest absolute Gasteiger partial charge is 0.343 e. The monoisotopic (exact) mass is 467 g/mol. The van der Waals surface area contributed by atoms with Gasteiger partial charge >= 0.3 is 5.97 Å². The molecule has 0 radical (unpaired) electrons. The topological polar surface area (TPSA) is 62.7 Å². The molecule has 29 heavy (non-hydrogen) atoms. The Morgan fingerprint density at radius 1 is 1.07 bits per heavy atom. The summed E-state index contributed by atoms with van der Waals surface area (Å²) >= 11 is 8.68. The first-order chi connectivity index (χ1) is 14.0. The average Bonchev–Trinajstić information content (AvgIpc) is 2.70. The second-order valence-corrected chi connectivity index (χ2v) is 7.46. The molecule has 0 aliphatic rings. The third kappa shape index (κ3) is 6.23. The molecule has 3 rings (SSSR count). The second kappa shape index (κ2) is 9.95. The number of aryl methyl sites for hydroxylation is 1. The molecule has 0 spiro atoms. The summed E-state index contributed by atoms with van der Waals surface area (Å²) in [6, 6.07) is 22.0. The molecule has 0 aliphatic heterocycles. The number of hydrogen-bond donors (Lipinski definition) is 2. The van der Waals surface area contributed by atoms with Gasteiger partial charge in [0.15, 0.2) is 5.11 Å². The van der Waals surface area contributed by atoms with Crippen molar-refractivity contribution in [3.05, 3.63) is 94.0 Å². The number of thiocarbonyl (C=S) groups is 1. The summed E-state index contributed by atoms with van der Waals surface area (Å²) < 4.78 is 6.36. The van der Waals surface area contributed by atoms with Crippen LogP contribution in [0.3, 0.4) is 0 Å². The van der Waals surface area contributed by atoms with Gasteiger partial charge in [0.1, 0.15) is 5.75 Å². The quantitative estimate of drug-likeness (QED) is 0.175. The van der Waals surface area contributed by atoms with Crippen molar-refractivity contribution in [1.82, 2.24) is 5.43 Å². The summed E-state index contributed by atoms with van der Waals surface area (Å²) in [5.41, 5.74) is 5.85. The highest BCUT2D eigenvalue weighted by atomic mass is 79.9. The SMILES string of the molecule is Cc1cccc(NC(=S)N/N=C\c2cc(Br)ccc2OC(=O)c2ccccc2)c1. The van der Waals surface area contributed by atoms with Crippen molar-refractivity contribution in [3.8, 4) is 5.75 Å². The predicted molar refractivity (Wildman–Crippen MR) is 124 cm³/mol. The molecule has 0 aromatic heterocycles. The van der Waals surface area contributed by atoms with Crippen LogP contribution < -0.4 is 15.5 Å². The number of benzene rings is 3. The first-order valence-corrected chi connectivity index (χ1v) is 9.95. The van der Waals surface area contributed by atoms with E-state index in [0.717, 1.165) is 15.7 Å². The molecule has 0 bridgehead atoms. The fraction of sp³-hybridized carbons (Fsp3) is 0.0455. The molecular weight excluding hydrogens is 450 g/mol. The molecule has 0 saturated heterocycles. The van der Waals surface area contributed by atoms with Gasteiger partial charge in [-0.3, -0.25) is 5.43 Å². The number of nitrogens with one attached hydrogen (secondary N) is 2. The van der Waals surface area contributed by atoms with E-state index in [9.17, 15) is 4.79 Å². The normalized spacial score (nSPS) is 10.6. The van der Waals surface area contributed by atoms with Gasteiger partial charge in [-0.2, -0.15) is 5.10 Å². The van der Waals surface area contributed by atoms with Gasteiger partial charge in [-0.25, -0.2) is 4.79 Å². The molecule has 3 aromatic rings. The Morgan fingerprint density at radius 2 is 1.86 bits per heavy atom. The van der Waals surface area contributed by atoms with Crippen molar-refractivity contribution in [1.29, 1.82) is 0 Å². The molecule has 0 amide bonds. The van der Waals surface area contributed by atoms with E-state index in [1.807, 2.05) is 37.3 Å². The van der Waals surface area contributed by atoms with Gasteiger partial charge in [0.2, 0.25) is 0 Å². The minimum atomic E-state index is -0.438. The number of rotatable bonds is 5. The lowest BCUT2D eigenvalue weighted by Gasteiger charge is -2.09. The molecule has 0 saturated carbocycles. The Bertz CT molecular complexity index is 1050. The van der Waals surface area contributed by atoms with Crippen LogP contribution in [0.5, 0.6) is 5.75 Å². The van der Waals surface area contributed by atoms with Gasteiger partial charge in [-0.15, -0.1) is 0 Å². The summed E-state index contributed by atoms with van der Waals surface area (Å²) in [6.45, 7) is 2.01. The molecule has 0 atom stereocenters. The van der Waals surface area contributed by atoms with Crippen LogP contribution in [0, 0.1) is 6.92 Å². The maximum absolute atomic E-state index is 12.3. The Morgan fingerprint density at radius 3 is 2.62 bits per heavy atom. The lowest BCUT2D eigenvalue weighted by atomic mass is 10.2. The molecule has 5 nitrogen and oxygen atoms in total. The first kappa shape index (κ1) is 20.7. The van der Waals surface area contributed by atoms with E-state index in [2.05, 4.69) is 31.8 Å². The van der Waals surface area contributed by atoms with Crippen molar-refractivity contribution in [2.45, 2.75) is 6.92 Å². The standard InChI is InChI=1S/C22H18BrN3O2S/c1-15-6-5-9-19(12-15)25-22(29)26-24-14-17-13-18(23)10-11-20(17)28-21(27)16-7-3-2-4-8-16/h2-14H,1H3,(H2,25,26,29)/b24-14-. The van der Waals surface area contributed by atoms with E-state index < -0.39 is 5.97 Å². The Balaban J connectivity index is 1.67. The van der Waals surface area contributed by atoms with Gasteiger partial charge in [0, 0.05) is 15.7 Å². The van der Waals surface area contributed by atoms with Crippen molar-refractivity contribution in [2.75, 3.05) is 5.32 Å².